The molecule has 0 aliphatic carbocycles. The van der Waals surface area contributed by atoms with Gasteiger partial charge in [0.2, 0.25) is 21.8 Å². The van der Waals surface area contributed by atoms with Crippen molar-refractivity contribution in [1.82, 2.24) is 10.2 Å². The van der Waals surface area contributed by atoms with Crippen LogP contribution < -0.4 is 9.62 Å². The molecule has 180 valence electrons. The van der Waals surface area contributed by atoms with Crippen molar-refractivity contribution < 1.29 is 18.0 Å². The molecule has 0 aliphatic rings. The number of benzene rings is 2. The van der Waals surface area contributed by atoms with E-state index in [0.29, 0.717) is 28.7 Å². The van der Waals surface area contributed by atoms with Gasteiger partial charge in [0, 0.05) is 26.1 Å². The quantitative estimate of drug-likeness (QED) is 0.490. The monoisotopic (exact) mass is 513 g/mol. The number of nitrogens with one attached hydrogen (secondary N) is 1. The number of carbonyl (C=O) groups is 2. The molecule has 2 aromatic carbocycles. The molecule has 2 aromatic rings. The highest BCUT2D eigenvalue weighted by molar-refractivity contribution is 7.92. The first kappa shape index (κ1) is 27.0. The fraction of sp³-hybridized carbons (Fsp3) is 0.391. The summed E-state index contributed by atoms with van der Waals surface area (Å²) in [5, 5.41) is 3.50. The minimum absolute atomic E-state index is 0.0733. The largest absolute Gasteiger partial charge is 0.355 e. The van der Waals surface area contributed by atoms with Crippen molar-refractivity contribution in [2.24, 2.45) is 0 Å². The summed E-state index contributed by atoms with van der Waals surface area (Å²) in [5.41, 5.74) is 1.27. The average molecular weight is 514 g/mol. The third-order valence-electron chi connectivity index (χ3n) is 5.05. The third kappa shape index (κ3) is 7.91. The van der Waals surface area contributed by atoms with Crippen molar-refractivity contribution >= 4 is 50.7 Å². The minimum Gasteiger partial charge on any atom is -0.355 e. The molecular weight excluding hydrogens is 485 g/mol. The molecule has 0 bridgehead atoms. The smallest absolute Gasteiger partial charge is 0.242 e. The first-order valence-corrected chi connectivity index (χ1v) is 13.2. The molecule has 0 aromatic heterocycles. The third-order valence-corrected chi connectivity index (χ3v) is 6.98. The predicted octanol–water partition coefficient (Wildman–Crippen LogP) is 4.09. The first-order chi connectivity index (χ1) is 15.5. The minimum atomic E-state index is -3.51. The Labute approximate surface area is 205 Å². The number of carbonyl (C=O) groups excluding carboxylic acids is 2. The van der Waals surface area contributed by atoms with Crippen LogP contribution in [0.4, 0.5) is 5.69 Å². The zero-order valence-corrected chi connectivity index (χ0v) is 21.3. The van der Waals surface area contributed by atoms with Gasteiger partial charge in [-0.1, -0.05) is 47.5 Å². The molecule has 0 saturated heterocycles. The van der Waals surface area contributed by atoms with Crippen molar-refractivity contribution in [3.63, 3.8) is 0 Å². The first-order valence-electron chi connectivity index (χ1n) is 10.6. The topological polar surface area (TPSA) is 86.8 Å². The maximum Gasteiger partial charge on any atom is 0.242 e. The maximum atomic E-state index is 13.1. The summed E-state index contributed by atoms with van der Waals surface area (Å²) in [7, 11) is -3.51. The number of sulfonamides is 1. The van der Waals surface area contributed by atoms with Gasteiger partial charge in [0.25, 0.3) is 0 Å². The average Bonchev–Trinajstić information content (AvgIpc) is 2.76. The van der Waals surface area contributed by atoms with E-state index in [0.717, 1.165) is 11.8 Å². The lowest BCUT2D eigenvalue weighted by Gasteiger charge is -2.29. The van der Waals surface area contributed by atoms with Crippen molar-refractivity contribution in [3.8, 4) is 0 Å². The van der Waals surface area contributed by atoms with Gasteiger partial charge in [0.15, 0.2) is 0 Å². The highest BCUT2D eigenvalue weighted by atomic mass is 35.5. The Kier molecular flexibility index (Phi) is 10.0. The molecule has 1 unspecified atom stereocenters. The summed E-state index contributed by atoms with van der Waals surface area (Å²) in [6.45, 7) is 4.22. The number of likely N-dealkylation sites (N-methyl/N-ethyl adjacent to an activating group) is 1. The van der Waals surface area contributed by atoms with Crippen molar-refractivity contribution in [3.05, 3.63) is 64.1 Å². The van der Waals surface area contributed by atoms with E-state index in [1.54, 1.807) is 62.4 Å². The molecule has 10 heteroatoms. The molecule has 0 aliphatic heterocycles. The van der Waals surface area contributed by atoms with Crippen molar-refractivity contribution in [2.45, 2.75) is 39.3 Å². The van der Waals surface area contributed by atoms with E-state index in [4.69, 9.17) is 23.2 Å². The number of halogens is 2. The zero-order valence-electron chi connectivity index (χ0n) is 18.9. The van der Waals surface area contributed by atoms with Crippen LogP contribution in [0.1, 0.15) is 32.3 Å². The summed E-state index contributed by atoms with van der Waals surface area (Å²) < 4.78 is 25.8. The van der Waals surface area contributed by atoms with E-state index in [-0.39, 0.29) is 31.3 Å². The molecular formula is C23H29Cl2N3O4S. The lowest BCUT2D eigenvalue weighted by atomic mass is 10.1. The van der Waals surface area contributed by atoms with E-state index in [9.17, 15) is 18.0 Å². The van der Waals surface area contributed by atoms with Crippen LogP contribution in [-0.4, -0.2) is 50.5 Å². The van der Waals surface area contributed by atoms with Crippen LogP contribution in [0.2, 0.25) is 10.0 Å². The van der Waals surface area contributed by atoms with Crippen LogP contribution in [0.15, 0.2) is 48.5 Å². The second-order valence-corrected chi connectivity index (χ2v) is 10.3. The molecule has 2 rings (SSSR count). The predicted molar refractivity (Wildman–Crippen MR) is 133 cm³/mol. The van der Waals surface area contributed by atoms with Gasteiger partial charge in [-0.2, -0.15) is 0 Å². The number of anilines is 1. The number of nitrogens with zero attached hydrogens (tertiary/aromatic N) is 2. The molecule has 33 heavy (non-hydrogen) atoms. The molecule has 1 atom stereocenters. The fourth-order valence-electron chi connectivity index (χ4n) is 3.34. The maximum absolute atomic E-state index is 13.1. The molecule has 0 fully saturated rings. The van der Waals surface area contributed by atoms with Crippen LogP contribution in [0.3, 0.4) is 0 Å². The molecule has 0 heterocycles. The van der Waals surface area contributed by atoms with Gasteiger partial charge in [-0.05, 0) is 50.1 Å². The number of para-hydroxylation sites is 1. The molecule has 0 spiro atoms. The normalized spacial score (nSPS) is 12.2. The van der Waals surface area contributed by atoms with Crippen LogP contribution in [0.5, 0.6) is 0 Å². The van der Waals surface area contributed by atoms with Gasteiger partial charge >= 0.3 is 0 Å². The summed E-state index contributed by atoms with van der Waals surface area (Å²) >= 11 is 12.1. The highest BCUT2D eigenvalue weighted by Crippen LogP contribution is 2.24. The van der Waals surface area contributed by atoms with Gasteiger partial charge in [0.1, 0.15) is 6.04 Å². The zero-order chi connectivity index (χ0) is 24.6. The van der Waals surface area contributed by atoms with Crippen LogP contribution in [0.25, 0.3) is 0 Å². The summed E-state index contributed by atoms with van der Waals surface area (Å²) in [5.74, 6) is -0.533. The van der Waals surface area contributed by atoms with Gasteiger partial charge in [-0.3, -0.25) is 13.9 Å². The second kappa shape index (κ2) is 12.3. The number of hydrogen-bond donors (Lipinski definition) is 1. The Morgan fingerprint density at radius 3 is 2.30 bits per heavy atom. The Hall–Kier alpha value is -2.29. The van der Waals surface area contributed by atoms with Crippen molar-refractivity contribution in [2.75, 3.05) is 23.7 Å². The number of hydrogen-bond acceptors (Lipinski definition) is 4. The van der Waals surface area contributed by atoms with Crippen LogP contribution in [-0.2, 0) is 26.2 Å². The number of rotatable bonds is 11. The summed E-state index contributed by atoms with van der Waals surface area (Å²) in [4.78, 5) is 27.1. The van der Waals surface area contributed by atoms with Crippen molar-refractivity contribution in [1.29, 1.82) is 0 Å². The Morgan fingerprint density at radius 2 is 1.73 bits per heavy atom. The molecule has 0 saturated carbocycles. The molecule has 7 nitrogen and oxygen atoms in total. The highest BCUT2D eigenvalue weighted by Gasteiger charge is 2.26. The molecule has 1 N–H and O–H groups in total. The van der Waals surface area contributed by atoms with Gasteiger partial charge in [-0.15, -0.1) is 0 Å². The lowest BCUT2D eigenvalue weighted by Crippen LogP contribution is -2.47. The van der Waals surface area contributed by atoms with E-state index in [2.05, 4.69) is 5.32 Å². The van der Waals surface area contributed by atoms with E-state index < -0.39 is 16.1 Å². The fourth-order valence-corrected chi connectivity index (χ4v) is 4.62. The van der Waals surface area contributed by atoms with E-state index >= 15 is 0 Å². The molecule has 0 radical (unpaired) electrons. The van der Waals surface area contributed by atoms with Gasteiger partial charge in [-0.25, -0.2) is 8.42 Å². The summed E-state index contributed by atoms with van der Waals surface area (Å²) in [6, 6.07) is 13.1. The van der Waals surface area contributed by atoms with Crippen LogP contribution >= 0.6 is 23.2 Å². The second-order valence-electron chi connectivity index (χ2n) is 7.61. The van der Waals surface area contributed by atoms with Gasteiger partial charge in [0.05, 0.1) is 22.0 Å². The summed E-state index contributed by atoms with van der Waals surface area (Å²) in [6.07, 6.45) is 1.50. The standard InChI is InChI=1S/C23H29Cl2N3O4S/c1-4-26-23(30)17(2)27(16-18-12-13-20(24)21(25)15-18)22(29)11-8-14-28(33(3,31)32)19-9-6-5-7-10-19/h5-7,9-10,12-13,15,17H,4,8,11,14,16H2,1-3H3,(H,26,30). The SMILES string of the molecule is CCNC(=O)C(C)N(Cc1ccc(Cl)c(Cl)c1)C(=O)CCCN(c1ccccc1)S(C)(=O)=O. The van der Waals surface area contributed by atoms with Gasteiger partial charge < -0.3 is 10.2 Å². The molecule has 2 amide bonds. The lowest BCUT2D eigenvalue weighted by molar-refractivity contribution is -0.140. The van der Waals surface area contributed by atoms with Crippen LogP contribution in [0, 0.1) is 0 Å². The Morgan fingerprint density at radius 1 is 1.06 bits per heavy atom. The number of amides is 2. The van der Waals surface area contributed by atoms with E-state index in [1.807, 2.05) is 0 Å². The Balaban J connectivity index is 2.16. The van der Waals surface area contributed by atoms with E-state index in [1.165, 1.54) is 9.21 Å². The Bertz CT molecular complexity index is 1060.